The van der Waals surface area contributed by atoms with Gasteiger partial charge in [-0.25, -0.2) is 0 Å². The van der Waals surface area contributed by atoms with Crippen molar-refractivity contribution in [3.63, 3.8) is 0 Å². The van der Waals surface area contributed by atoms with E-state index in [1.165, 1.54) is 5.56 Å². The van der Waals surface area contributed by atoms with Crippen molar-refractivity contribution in [2.75, 3.05) is 18.5 Å². The van der Waals surface area contributed by atoms with Crippen molar-refractivity contribution in [3.05, 3.63) is 59.1 Å². The minimum Gasteiger partial charge on any atom is -0.342 e. The molecule has 0 aliphatic heterocycles. The molecule has 120 valence electrons. The van der Waals surface area contributed by atoms with Crippen molar-refractivity contribution in [1.82, 2.24) is 20.2 Å². The monoisotopic (exact) mass is 337 g/mol. The fraction of sp³-hybridized carbons (Fsp3) is 0.167. The number of rotatable bonds is 4. The number of nitrogens with zero attached hydrogens (tertiary/aromatic N) is 4. The molecule has 24 heavy (non-hydrogen) atoms. The summed E-state index contributed by atoms with van der Waals surface area (Å²) in [7, 11) is 1.97. The topological polar surface area (TPSA) is 57.7 Å². The molecule has 0 fully saturated rings. The number of hydrogen-bond donors (Lipinski definition) is 1. The van der Waals surface area contributed by atoms with Crippen LogP contribution < -0.4 is 4.90 Å². The van der Waals surface area contributed by atoms with Crippen LogP contribution in [-0.4, -0.2) is 33.8 Å². The standard InChI is InChI=1S/C18H16ClN5/c1-24(11-10-12-6-8-13(19)9-7-12)18-21-17-16(22-23-18)14-4-2-3-5-15(14)20-17/h2-9H,10-11H2,1H3,(H,20,21,23). The average molecular weight is 338 g/mol. The Hall–Kier alpha value is -2.66. The number of H-pyrrole nitrogens is 1. The molecular weight excluding hydrogens is 322 g/mol. The zero-order chi connectivity index (χ0) is 16.5. The molecule has 4 aromatic rings. The zero-order valence-corrected chi connectivity index (χ0v) is 14.0. The summed E-state index contributed by atoms with van der Waals surface area (Å²) in [6.07, 6.45) is 0.891. The van der Waals surface area contributed by atoms with Crippen LogP contribution in [0.25, 0.3) is 22.1 Å². The van der Waals surface area contributed by atoms with Crippen LogP contribution in [0.3, 0.4) is 0 Å². The molecule has 0 bridgehead atoms. The maximum Gasteiger partial charge on any atom is 0.247 e. The average Bonchev–Trinajstić information content (AvgIpc) is 2.98. The Balaban J connectivity index is 1.56. The lowest BCUT2D eigenvalue weighted by Gasteiger charge is -2.16. The normalized spacial score (nSPS) is 11.2. The highest BCUT2D eigenvalue weighted by atomic mass is 35.5. The molecule has 0 unspecified atom stereocenters. The highest BCUT2D eigenvalue weighted by Crippen LogP contribution is 2.22. The number of aromatic amines is 1. The van der Waals surface area contributed by atoms with Crippen molar-refractivity contribution in [1.29, 1.82) is 0 Å². The van der Waals surface area contributed by atoms with Gasteiger partial charge in [0.05, 0.1) is 0 Å². The predicted molar refractivity (Wildman–Crippen MR) is 97.6 cm³/mol. The molecule has 2 aromatic carbocycles. The van der Waals surface area contributed by atoms with Gasteiger partial charge in [-0.3, -0.25) is 0 Å². The Morgan fingerprint density at radius 1 is 1.04 bits per heavy atom. The Morgan fingerprint density at radius 2 is 1.83 bits per heavy atom. The first-order chi connectivity index (χ1) is 11.7. The summed E-state index contributed by atoms with van der Waals surface area (Å²) in [6, 6.07) is 15.9. The number of fused-ring (bicyclic) bond motifs is 3. The molecule has 2 heterocycles. The maximum absolute atomic E-state index is 5.92. The minimum absolute atomic E-state index is 0.614. The van der Waals surface area contributed by atoms with E-state index in [1.807, 2.05) is 60.5 Å². The second-order valence-electron chi connectivity index (χ2n) is 5.78. The first kappa shape index (κ1) is 14.9. The minimum atomic E-state index is 0.614. The van der Waals surface area contributed by atoms with E-state index in [0.717, 1.165) is 40.1 Å². The molecule has 0 amide bonds. The molecule has 4 rings (SSSR count). The molecule has 1 N–H and O–H groups in total. The Morgan fingerprint density at radius 3 is 2.67 bits per heavy atom. The van der Waals surface area contributed by atoms with Crippen LogP contribution in [-0.2, 0) is 6.42 Å². The summed E-state index contributed by atoms with van der Waals surface area (Å²) in [5, 5.41) is 10.4. The molecule has 5 nitrogen and oxygen atoms in total. The first-order valence-corrected chi connectivity index (χ1v) is 8.15. The third-order valence-corrected chi connectivity index (χ3v) is 4.35. The maximum atomic E-state index is 5.92. The second kappa shape index (κ2) is 6.09. The second-order valence-corrected chi connectivity index (χ2v) is 6.21. The quantitative estimate of drug-likeness (QED) is 0.614. The highest BCUT2D eigenvalue weighted by molar-refractivity contribution is 6.30. The summed E-state index contributed by atoms with van der Waals surface area (Å²) < 4.78 is 0. The van der Waals surface area contributed by atoms with E-state index < -0.39 is 0 Å². The number of nitrogens with one attached hydrogen (secondary N) is 1. The van der Waals surface area contributed by atoms with Gasteiger partial charge in [0.25, 0.3) is 0 Å². The molecular formula is C18H16ClN5. The van der Waals surface area contributed by atoms with E-state index in [4.69, 9.17) is 11.6 Å². The molecule has 0 atom stereocenters. The van der Waals surface area contributed by atoms with Gasteiger partial charge >= 0.3 is 0 Å². The van der Waals surface area contributed by atoms with Gasteiger partial charge in [-0.1, -0.05) is 41.9 Å². The van der Waals surface area contributed by atoms with Crippen molar-refractivity contribution >= 4 is 39.6 Å². The van der Waals surface area contributed by atoms with Gasteiger partial charge in [-0.05, 0) is 30.2 Å². The number of hydrogen-bond acceptors (Lipinski definition) is 4. The fourth-order valence-electron chi connectivity index (χ4n) is 2.72. The zero-order valence-electron chi connectivity index (χ0n) is 13.2. The molecule has 0 spiro atoms. The molecule has 0 saturated carbocycles. The van der Waals surface area contributed by atoms with E-state index in [0.29, 0.717) is 5.95 Å². The number of aromatic nitrogens is 4. The summed E-state index contributed by atoms with van der Waals surface area (Å²) in [5.74, 6) is 0.614. The van der Waals surface area contributed by atoms with E-state index in [-0.39, 0.29) is 0 Å². The lowest BCUT2D eigenvalue weighted by atomic mass is 10.1. The van der Waals surface area contributed by atoms with Crippen LogP contribution in [0.5, 0.6) is 0 Å². The van der Waals surface area contributed by atoms with E-state index >= 15 is 0 Å². The summed E-state index contributed by atoms with van der Waals surface area (Å²) >= 11 is 5.92. The Bertz CT molecular complexity index is 993. The van der Waals surface area contributed by atoms with Crippen molar-refractivity contribution in [2.24, 2.45) is 0 Å². The molecule has 0 aliphatic rings. The van der Waals surface area contributed by atoms with Crippen molar-refractivity contribution < 1.29 is 0 Å². The van der Waals surface area contributed by atoms with Gasteiger partial charge < -0.3 is 9.88 Å². The molecule has 0 radical (unpaired) electrons. The third-order valence-electron chi connectivity index (χ3n) is 4.10. The summed E-state index contributed by atoms with van der Waals surface area (Å²) in [5.41, 5.74) is 3.82. The third kappa shape index (κ3) is 2.78. The van der Waals surface area contributed by atoms with Crippen LogP contribution >= 0.6 is 11.6 Å². The van der Waals surface area contributed by atoms with Crippen LogP contribution in [0.4, 0.5) is 5.95 Å². The van der Waals surface area contributed by atoms with Gasteiger partial charge in [0.1, 0.15) is 5.52 Å². The van der Waals surface area contributed by atoms with Crippen LogP contribution in [0.2, 0.25) is 5.02 Å². The highest BCUT2D eigenvalue weighted by Gasteiger charge is 2.11. The molecule has 0 aliphatic carbocycles. The fourth-order valence-corrected chi connectivity index (χ4v) is 2.85. The Labute approximate surface area is 144 Å². The number of benzene rings is 2. The van der Waals surface area contributed by atoms with E-state index in [2.05, 4.69) is 20.2 Å². The van der Waals surface area contributed by atoms with Gasteiger partial charge in [0, 0.05) is 29.5 Å². The summed E-state index contributed by atoms with van der Waals surface area (Å²) in [4.78, 5) is 9.92. The lowest BCUT2D eigenvalue weighted by Crippen LogP contribution is -2.23. The number of likely N-dealkylation sites (N-methyl/N-ethyl adjacent to an activating group) is 1. The smallest absolute Gasteiger partial charge is 0.247 e. The molecule has 0 saturated heterocycles. The van der Waals surface area contributed by atoms with Gasteiger partial charge in [-0.15, -0.1) is 10.2 Å². The molecule has 6 heteroatoms. The number of para-hydroxylation sites is 1. The van der Waals surface area contributed by atoms with Crippen molar-refractivity contribution in [3.8, 4) is 0 Å². The lowest BCUT2D eigenvalue weighted by molar-refractivity contribution is 0.822. The van der Waals surface area contributed by atoms with Crippen LogP contribution in [0, 0.1) is 0 Å². The van der Waals surface area contributed by atoms with Gasteiger partial charge in [-0.2, -0.15) is 4.98 Å². The largest absolute Gasteiger partial charge is 0.342 e. The Kier molecular flexibility index (Phi) is 3.78. The van der Waals surface area contributed by atoms with Gasteiger partial charge in [0.15, 0.2) is 5.65 Å². The summed E-state index contributed by atoms with van der Waals surface area (Å²) in [6.45, 7) is 0.801. The SMILES string of the molecule is CN(CCc1ccc(Cl)cc1)c1nnc2c(n1)[nH]c1ccccc12. The number of anilines is 1. The first-order valence-electron chi connectivity index (χ1n) is 7.77. The van der Waals surface area contributed by atoms with Crippen molar-refractivity contribution in [2.45, 2.75) is 6.42 Å². The molecule has 2 aromatic heterocycles. The number of halogens is 1. The predicted octanol–water partition coefficient (Wildman–Crippen LogP) is 3.84. The van der Waals surface area contributed by atoms with Crippen LogP contribution in [0.1, 0.15) is 5.56 Å². The van der Waals surface area contributed by atoms with Gasteiger partial charge in [0.2, 0.25) is 5.95 Å². The van der Waals surface area contributed by atoms with Crippen LogP contribution in [0.15, 0.2) is 48.5 Å². The van der Waals surface area contributed by atoms with E-state index in [1.54, 1.807) is 0 Å². The van der Waals surface area contributed by atoms with E-state index in [9.17, 15) is 0 Å².